The van der Waals surface area contributed by atoms with Crippen molar-refractivity contribution in [3.8, 4) is 5.75 Å². The van der Waals surface area contributed by atoms with E-state index in [1.165, 1.54) is 18.2 Å². The SMILES string of the molecule is COc1ccc(CN2C(=O)c3c(c(NC(=O)OC(C)(C)C)cc4ncccc34)C2c2cc(F)ccc2Cl)cc1. The molecule has 7 nitrogen and oxygen atoms in total. The van der Waals surface area contributed by atoms with Crippen LogP contribution in [-0.4, -0.2) is 34.6 Å². The zero-order valence-corrected chi connectivity index (χ0v) is 22.7. The second kappa shape index (κ2) is 10.2. The summed E-state index contributed by atoms with van der Waals surface area (Å²) in [5, 5.41) is 3.71. The lowest BCUT2D eigenvalue weighted by atomic mass is 9.93. The first-order valence-electron chi connectivity index (χ1n) is 12.4. The topological polar surface area (TPSA) is 80.8 Å². The number of nitrogens with zero attached hydrogens (tertiary/aromatic N) is 2. The highest BCUT2D eigenvalue weighted by atomic mass is 35.5. The molecule has 0 fully saturated rings. The third-order valence-electron chi connectivity index (χ3n) is 6.41. The van der Waals surface area contributed by atoms with Crippen LogP contribution < -0.4 is 10.1 Å². The normalized spacial score (nSPS) is 14.9. The molecule has 1 aromatic heterocycles. The van der Waals surface area contributed by atoms with Gasteiger partial charge in [-0.1, -0.05) is 29.8 Å². The molecule has 0 bridgehead atoms. The van der Waals surface area contributed by atoms with Gasteiger partial charge in [-0.05, 0) is 68.8 Å². The molecule has 0 spiro atoms. The van der Waals surface area contributed by atoms with E-state index in [1.54, 1.807) is 57.2 Å². The molecule has 3 aromatic carbocycles. The van der Waals surface area contributed by atoms with E-state index >= 15 is 0 Å². The van der Waals surface area contributed by atoms with Gasteiger partial charge in [0.25, 0.3) is 5.91 Å². The Kier molecular flexibility index (Phi) is 6.91. The monoisotopic (exact) mass is 547 g/mol. The van der Waals surface area contributed by atoms with Gasteiger partial charge < -0.3 is 14.4 Å². The molecule has 1 atom stereocenters. The molecule has 39 heavy (non-hydrogen) atoms. The first-order chi connectivity index (χ1) is 18.6. The number of benzene rings is 3. The number of hydrogen-bond acceptors (Lipinski definition) is 5. The lowest BCUT2D eigenvalue weighted by Gasteiger charge is -2.28. The molecule has 0 radical (unpaired) electrons. The summed E-state index contributed by atoms with van der Waals surface area (Å²) < 4.78 is 25.4. The molecule has 5 rings (SSSR count). The third-order valence-corrected chi connectivity index (χ3v) is 6.75. The number of rotatable bonds is 5. The highest BCUT2D eigenvalue weighted by molar-refractivity contribution is 6.31. The summed E-state index contributed by atoms with van der Waals surface area (Å²) >= 11 is 6.62. The molecule has 1 unspecified atom stereocenters. The third kappa shape index (κ3) is 5.25. The summed E-state index contributed by atoms with van der Waals surface area (Å²) in [6, 6.07) is 15.8. The first kappa shape index (κ1) is 26.4. The molecule has 0 saturated heterocycles. The van der Waals surface area contributed by atoms with Crippen molar-refractivity contribution in [1.29, 1.82) is 0 Å². The zero-order chi connectivity index (χ0) is 27.9. The van der Waals surface area contributed by atoms with Crippen LogP contribution in [-0.2, 0) is 11.3 Å². The Bertz CT molecular complexity index is 1580. The van der Waals surface area contributed by atoms with Crippen LogP contribution in [0.4, 0.5) is 14.9 Å². The number of carbonyl (C=O) groups is 2. The molecule has 1 aliphatic heterocycles. The second-order valence-corrected chi connectivity index (χ2v) is 10.7. The number of ether oxygens (including phenoxy) is 2. The van der Waals surface area contributed by atoms with E-state index in [0.717, 1.165) is 5.56 Å². The van der Waals surface area contributed by atoms with Gasteiger partial charge in [0, 0.05) is 34.3 Å². The highest BCUT2D eigenvalue weighted by Crippen LogP contribution is 2.48. The summed E-state index contributed by atoms with van der Waals surface area (Å²) in [7, 11) is 1.58. The standard InChI is InChI=1S/C30H27ClFN3O4/c1-30(2,3)39-29(37)34-24-15-23-20(6-5-13-33-23)25-26(24)27(21-14-18(32)9-12-22(21)31)35(28(25)36)16-17-7-10-19(38-4)11-8-17/h5-15,27H,16H2,1-4H3,(H,34,37). The van der Waals surface area contributed by atoms with Crippen molar-refractivity contribution >= 4 is 40.2 Å². The Morgan fingerprint density at radius 2 is 1.87 bits per heavy atom. The Morgan fingerprint density at radius 3 is 2.56 bits per heavy atom. The predicted octanol–water partition coefficient (Wildman–Crippen LogP) is 7.13. The maximum Gasteiger partial charge on any atom is 0.412 e. The molecule has 200 valence electrons. The van der Waals surface area contributed by atoms with Crippen LogP contribution in [0.2, 0.25) is 5.02 Å². The van der Waals surface area contributed by atoms with E-state index in [0.29, 0.717) is 39.0 Å². The molecule has 9 heteroatoms. The Balaban J connectivity index is 1.72. The summed E-state index contributed by atoms with van der Waals surface area (Å²) in [5.74, 6) is -0.110. The number of halogens is 2. The van der Waals surface area contributed by atoms with Crippen molar-refractivity contribution in [1.82, 2.24) is 9.88 Å². The van der Waals surface area contributed by atoms with Gasteiger partial charge in [-0.15, -0.1) is 0 Å². The number of amides is 2. The van der Waals surface area contributed by atoms with E-state index < -0.39 is 23.6 Å². The maximum absolute atomic E-state index is 14.6. The van der Waals surface area contributed by atoms with Crippen molar-refractivity contribution in [2.24, 2.45) is 0 Å². The molecule has 0 saturated carbocycles. The highest BCUT2D eigenvalue weighted by Gasteiger charge is 2.42. The first-order valence-corrected chi connectivity index (χ1v) is 12.7. The Labute approximate surface area is 230 Å². The van der Waals surface area contributed by atoms with Crippen LogP contribution in [0.3, 0.4) is 0 Å². The molecule has 2 amide bonds. The summed E-state index contributed by atoms with van der Waals surface area (Å²) in [4.78, 5) is 33.1. The van der Waals surface area contributed by atoms with Crippen molar-refractivity contribution in [2.45, 2.75) is 39.0 Å². The van der Waals surface area contributed by atoms with Crippen LogP contribution in [0, 0.1) is 5.82 Å². The number of anilines is 1. The van der Waals surface area contributed by atoms with Gasteiger partial charge in [0.15, 0.2) is 0 Å². The average Bonchev–Trinajstić information content (AvgIpc) is 3.17. The second-order valence-electron chi connectivity index (χ2n) is 10.3. The van der Waals surface area contributed by atoms with Crippen LogP contribution >= 0.6 is 11.6 Å². The number of hydrogen-bond donors (Lipinski definition) is 1. The zero-order valence-electron chi connectivity index (χ0n) is 21.9. The molecule has 4 aromatic rings. The van der Waals surface area contributed by atoms with E-state index in [1.807, 2.05) is 24.3 Å². The molecular weight excluding hydrogens is 521 g/mol. The summed E-state index contributed by atoms with van der Waals surface area (Å²) in [6.07, 6.45) is 0.923. The van der Waals surface area contributed by atoms with Crippen LogP contribution in [0.25, 0.3) is 10.9 Å². The number of fused-ring (bicyclic) bond motifs is 3. The Morgan fingerprint density at radius 1 is 1.13 bits per heavy atom. The minimum atomic E-state index is -0.799. The van der Waals surface area contributed by atoms with Gasteiger partial charge in [-0.25, -0.2) is 9.18 Å². The minimum absolute atomic E-state index is 0.197. The van der Waals surface area contributed by atoms with Crippen LogP contribution in [0.5, 0.6) is 5.75 Å². The van der Waals surface area contributed by atoms with Gasteiger partial charge in [0.2, 0.25) is 0 Å². The summed E-state index contributed by atoms with van der Waals surface area (Å²) in [6.45, 7) is 5.47. The smallest absolute Gasteiger partial charge is 0.412 e. The van der Waals surface area contributed by atoms with E-state index in [4.69, 9.17) is 21.1 Å². The number of carbonyl (C=O) groups excluding carboxylic acids is 2. The van der Waals surface area contributed by atoms with E-state index in [9.17, 15) is 14.0 Å². The summed E-state index contributed by atoms with van der Waals surface area (Å²) in [5.41, 5.74) is 2.20. The molecule has 2 heterocycles. The Hall–Kier alpha value is -4.17. The molecular formula is C30H27ClFN3O4. The lowest BCUT2D eigenvalue weighted by molar-refractivity contribution is 0.0635. The molecule has 1 N–H and O–H groups in total. The lowest BCUT2D eigenvalue weighted by Crippen LogP contribution is -2.29. The largest absolute Gasteiger partial charge is 0.497 e. The number of aromatic nitrogens is 1. The fourth-order valence-electron chi connectivity index (χ4n) is 4.82. The van der Waals surface area contributed by atoms with Gasteiger partial charge in [-0.3, -0.25) is 15.1 Å². The van der Waals surface area contributed by atoms with Crippen molar-refractivity contribution < 1.29 is 23.5 Å². The van der Waals surface area contributed by atoms with E-state index in [-0.39, 0.29) is 17.5 Å². The van der Waals surface area contributed by atoms with Crippen molar-refractivity contribution in [2.75, 3.05) is 12.4 Å². The maximum atomic E-state index is 14.6. The minimum Gasteiger partial charge on any atom is -0.497 e. The van der Waals surface area contributed by atoms with Gasteiger partial charge >= 0.3 is 6.09 Å². The number of nitrogens with one attached hydrogen (secondary N) is 1. The van der Waals surface area contributed by atoms with Gasteiger partial charge in [0.1, 0.15) is 17.2 Å². The molecule has 0 aliphatic carbocycles. The quantitative estimate of drug-likeness (QED) is 0.287. The fourth-order valence-corrected chi connectivity index (χ4v) is 5.05. The van der Waals surface area contributed by atoms with Gasteiger partial charge in [0.05, 0.1) is 29.9 Å². The van der Waals surface area contributed by atoms with Crippen molar-refractivity contribution in [3.63, 3.8) is 0 Å². The van der Waals surface area contributed by atoms with Crippen molar-refractivity contribution in [3.05, 3.63) is 100.0 Å². The van der Waals surface area contributed by atoms with Crippen LogP contribution in [0.1, 0.15) is 53.9 Å². The average molecular weight is 548 g/mol. The predicted molar refractivity (Wildman–Crippen MR) is 148 cm³/mol. The van der Waals surface area contributed by atoms with Crippen LogP contribution in [0.15, 0.2) is 66.9 Å². The molecule has 1 aliphatic rings. The van der Waals surface area contributed by atoms with E-state index in [2.05, 4.69) is 10.3 Å². The number of pyridine rings is 1. The van der Waals surface area contributed by atoms with Gasteiger partial charge in [-0.2, -0.15) is 0 Å². The fraction of sp³-hybridized carbons (Fsp3) is 0.233. The number of methoxy groups -OCH3 is 1.